The third-order valence-corrected chi connectivity index (χ3v) is 6.31. The van der Waals surface area contributed by atoms with Gasteiger partial charge in [-0.15, -0.1) is 0 Å². The second-order valence-electron chi connectivity index (χ2n) is 9.40. The maximum atomic E-state index is 13.1. The first-order valence-corrected chi connectivity index (χ1v) is 12.3. The quantitative estimate of drug-likeness (QED) is 0.516. The van der Waals surface area contributed by atoms with Crippen molar-refractivity contribution in [2.75, 3.05) is 39.8 Å². The van der Waals surface area contributed by atoms with Crippen LogP contribution in [0.4, 0.5) is 0 Å². The number of likely N-dealkylation sites (tertiary alicyclic amines) is 1. The number of fused-ring (bicyclic) bond motifs is 1. The second-order valence-corrected chi connectivity index (χ2v) is 9.40. The first-order chi connectivity index (χ1) is 17.2. The summed E-state index contributed by atoms with van der Waals surface area (Å²) in [6, 6.07) is 4.60. The number of hydrogen-bond donors (Lipinski definition) is 3. The highest BCUT2D eigenvalue weighted by molar-refractivity contribution is 6.01. The molecule has 1 aromatic carbocycles. The summed E-state index contributed by atoms with van der Waals surface area (Å²) < 4.78 is 5.79. The van der Waals surface area contributed by atoms with Gasteiger partial charge in [-0.1, -0.05) is 26.0 Å². The average Bonchev–Trinajstić information content (AvgIpc) is 3.25. The van der Waals surface area contributed by atoms with Crippen LogP contribution in [0.1, 0.15) is 43.5 Å². The summed E-state index contributed by atoms with van der Waals surface area (Å²) in [6.07, 6.45) is 0.931. The number of carbonyl (C=O) groups is 5. The van der Waals surface area contributed by atoms with Gasteiger partial charge in [-0.25, -0.2) is 0 Å². The number of nitrogens with zero attached hydrogens (tertiary/aromatic N) is 2. The monoisotopic (exact) mass is 501 g/mol. The van der Waals surface area contributed by atoms with Crippen molar-refractivity contribution >= 4 is 29.5 Å². The van der Waals surface area contributed by atoms with Crippen molar-refractivity contribution < 1.29 is 28.7 Å². The zero-order valence-electron chi connectivity index (χ0n) is 21.0. The molecule has 196 valence electrons. The number of amides is 5. The molecule has 3 rings (SSSR count). The number of para-hydroxylation sites is 1. The molecule has 1 saturated heterocycles. The van der Waals surface area contributed by atoms with E-state index in [4.69, 9.17) is 4.74 Å². The van der Waals surface area contributed by atoms with Crippen LogP contribution in [0.5, 0.6) is 5.75 Å². The SMILES string of the molecule is CC(C)[C@@H]1NC(=O)C[C@@H](C(=O)NCCN2CCCC2=O)NC(=O)c2ccccc2OCCN(C)C1=O. The number of likely N-dealkylation sites (N-methyl/N-ethyl adjacent to an activating group) is 1. The molecule has 0 saturated carbocycles. The van der Waals surface area contributed by atoms with Crippen molar-refractivity contribution in [3.8, 4) is 5.75 Å². The van der Waals surface area contributed by atoms with Crippen molar-refractivity contribution in [3.63, 3.8) is 0 Å². The smallest absolute Gasteiger partial charge is 0.255 e. The van der Waals surface area contributed by atoms with E-state index < -0.39 is 29.8 Å². The molecule has 2 heterocycles. The van der Waals surface area contributed by atoms with Gasteiger partial charge in [-0.3, -0.25) is 24.0 Å². The molecule has 0 spiro atoms. The van der Waals surface area contributed by atoms with Crippen LogP contribution in [0, 0.1) is 5.92 Å². The lowest BCUT2D eigenvalue weighted by Gasteiger charge is -2.28. The summed E-state index contributed by atoms with van der Waals surface area (Å²) in [5, 5.41) is 8.08. The largest absolute Gasteiger partial charge is 0.491 e. The predicted molar refractivity (Wildman–Crippen MR) is 131 cm³/mol. The summed E-state index contributed by atoms with van der Waals surface area (Å²) >= 11 is 0. The van der Waals surface area contributed by atoms with E-state index in [0.717, 1.165) is 6.42 Å². The maximum absolute atomic E-state index is 13.1. The van der Waals surface area contributed by atoms with E-state index >= 15 is 0 Å². The van der Waals surface area contributed by atoms with Crippen LogP contribution in [0.25, 0.3) is 0 Å². The van der Waals surface area contributed by atoms with Gasteiger partial charge in [0.25, 0.3) is 5.91 Å². The van der Waals surface area contributed by atoms with Gasteiger partial charge < -0.3 is 30.5 Å². The zero-order chi connectivity index (χ0) is 26.2. The summed E-state index contributed by atoms with van der Waals surface area (Å²) in [7, 11) is 1.62. The molecule has 3 N–H and O–H groups in total. The van der Waals surface area contributed by atoms with Crippen LogP contribution in [0.15, 0.2) is 24.3 Å². The van der Waals surface area contributed by atoms with Crippen LogP contribution in [0.2, 0.25) is 0 Å². The van der Waals surface area contributed by atoms with Crippen molar-refractivity contribution in [1.82, 2.24) is 25.8 Å². The summed E-state index contributed by atoms with van der Waals surface area (Å²) in [6.45, 7) is 5.23. The minimum atomic E-state index is -1.19. The van der Waals surface area contributed by atoms with Crippen LogP contribution >= 0.6 is 0 Å². The van der Waals surface area contributed by atoms with E-state index in [1.54, 1.807) is 36.2 Å². The molecule has 0 aromatic heterocycles. The zero-order valence-corrected chi connectivity index (χ0v) is 21.0. The average molecular weight is 502 g/mol. The number of carbonyl (C=O) groups excluding carboxylic acids is 5. The molecule has 0 radical (unpaired) electrons. The van der Waals surface area contributed by atoms with E-state index in [2.05, 4.69) is 16.0 Å². The fraction of sp³-hybridized carbons (Fsp3) is 0.560. The lowest BCUT2D eigenvalue weighted by atomic mass is 10.0. The number of benzene rings is 1. The maximum Gasteiger partial charge on any atom is 0.255 e. The molecule has 0 unspecified atom stereocenters. The normalized spacial score (nSPS) is 21.9. The van der Waals surface area contributed by atoms with Crippen molar-refractivity contribution in [2.24, 2.45) is 5.92 Å². The minimum Gasteiger partial charge on any atom is -0.491 e. The van der Waals surface area contributed by atoms with Crippen molar-refractivity contribution in [1.29, 1.82) is 0 Å². The number of hydrogen-bond acceptors (Lipinski definition) is 6. The van der Waals surface area contributed by atoms with E-state index in [1.165, 1.54) is 4.90 Å². The molecule has 0 bridgehead atoms. The van der Waals surface area contributed by atoms with Crippen molar-refractivity contribution in [2.45, 2.75) is 45.2 Å². The lowest BCUT2D eigenvalue weighted by Crippen LogP contribution is -2.54. The fourth-order valence-electron chi connectivity index (χ4n) is 4.17. The highest BCUT2D eigenvalue weighted by atomic mass is 16.5. The van der Waals surface area contributed by atoms with E-state index in [-0.39, 0.29) is 49.4 Å². The highest BCUT2D eigenvalue weighted by Gasteiger charge is 2.31. The summed E-state index contributed by atoms with van der Waals surface area (Å²) in [5.41, 5.74) is 0.212. The van der Waals surface area contributed by atoms with Gasteiger partial charge in [-0.2, -0.15) is 0 Å². The topological polar surface area (TPSA) is 137 Å². The van der Waals surface area contributed by atoms with Gasteiger partial charge in [0.1, 0.15) is 24.4 Å². The van der Waals surface area contributed by atoms with Crippen LogP contribution in [-0.2, 0) is 19.2 Å². The van der Waals surface area contributed by atoms with Gasteiger partial charge in [0, 0.05) is 33.1 Å². The van der Waals surface area contributed by atoms with Crippen LogP contribution in [0.3, 0.4) is 0 Å². The number of nitrogens with one attached hydrogen (secondary N) is 3. The third-order valence-electron chi connectivity index (χ3n) is 6.31. The van der Waals surface area contributed by atoms with Gasteiger partial charge in [0.15, 0.2) is 0 Å². The third kappa shape index (κ3) is 6.96. The van der Waals surface area contributed by atoms with Gasteiger partial charge in [-0.05, 0) is 24.5 Å². The molecular weight excluding hydrogens is 466 g/mol. The number of ether oxygens (including phenoxy) is 1. The van der Waals surface area contributed by atoms with E-state index in [0.29, 0.717) is 25.3 Å². The van der Waals surface area contributed by atoms with Crippen LogP contribution in [-0.4, -0.2) is 91.3 Å². The molecular formula is C25H35N5O6. The van der Waals surface area contributed by atoms with Gasteiger partial charge in [0.05, 0.1) is 18.5 Å². The Morgan fingerprint density at radius 1 is 1.14 bits per heavy atom. The fourth-order valence-corrected chi connectivity index (χ4v) is 4.17. The highest BCUT2D eigenvalue weighted by Crippen LogP contribution is 2.19. The molecule has 2 aliphatic heterocycles. The van der Waals surface area contributed by atoms with E-state index in [9.17, 15) is 24.0 Å². The van der Waals surface area contributed by atoms with Gasteiger partial charge in [0.2, 0.25) is 23.6 Å². The minimum absolute atomic E-state index is 0.0425. The molecule has 5 amide bonds. The standard InChI is InChI=1S/C25H35N5O6/c1-16(2)22-25(35)29(3)13-14-36-19-8-5-4-7-17(19)23(33)27-18(15-20(31)28-22)24(34)26-10-12-30-11-6-9-21(30)32/h4-5,7-8,16,18,22H,6,9-15H2,1-3H3,(H,26,34)(H,27,33)(H,28,31)/t18-,22-/m0/s1. The molecule has 11 heteroatoms. The molecule has 2 atom stereocenters. The Labute approximate surface area is 210 Å². The molecule has 1 fully saturated rings. The summed E-state index contributed by atoms with van der Waals surface area (Å²) in [4.78, 5) is 67.0. The summed E-state index contributed by atoms with van der Waals surface area (Å²) in [5.74, 6) is -1.76. The molecule has 11 nitrogen and oxygen atoms in total. The molecule has 0 aliphatic carbocycles. The Kier molecular flexibility index (Phi) is 9.26. The Morgan fingerprint density at radius 2 is 1.89 bits per heavy atom. The molecule has 36 heavy (non-hydrogen) atoms. The predicted octanol–water partition coefficient (Wildman–Crippen LogP) is -0.0947. The lowest BCUT2D eigenvalue weighted by molar-refractivity contribution is -0.137. The van der Waals surface area contributed by atoms with Crippen LogP contribution < -0.4 is 20.7 Å². The Hall–Kier alpha value is -3.63. The van der Waals surface area contributed by atoms with E-state index in [1.807, 2.05) is 13.8 Å². The Morgan fingerprint density at radius 3 is 2.58 bits per heavy atom. The molecule has 1 aromatic rings. The van der Waals surface area contributed by atoms with Crippen molar-refractivity contribution in [3.05, 3.63) is 29.8 Å². The second kappa shape index (κ2) is 12.4. The Balaban J connectivity index is 1.80. The first kappa shape index (κ1) is 27.0. The number of rotatable bonds is 5. The first-order valence-electron chi connectivity index (χ1n) is 12.3. The molecule has 2 aliphatic rings. The van der Waals surface area contributed by atoms with Gasteiger partial charge >= 0.3 is 0 Å². The Bertz CT molecular complexity index is 997.